The first-order valence-corrected chi connectivity index (χ1v) is 10.2. The van der Waals surface area contributed by atoms with E-state index in [4.69, 9.17) is 4.74 Å². The number of rotatable bonds is 6. The quantitative estimate of drug-likeness (QED) is 0.589. The van der Waals surface area contributed by atoms with E-state index in [0.29, 0.717) is 17.8 Å². The third-order valence-electron chi connectivity index (χ3n) is 5.28. The summed E-state index contributed by atoms with van der Waals surface area (Å²) in [4.78, 5) is 26.8. The SMILES string of the molecule is Cc1ccc(-c2nn(Cc3ccccc3)cc2C(=O)OCC(=O)N2CCCC2)cc1. The van der Waals surface area contributed by atoms with Gasteiger partial charge in [0.25, 0.3) is 5.91 Å². The van der Waals surface area contributed by atoms with Gasteiger partial charge in [-0.2, -0.15) is 5.10 Å². The van der Waals surface area contributed by atoms with Crippen molar-refractivity contribution in [2.45, 2.75) is 26.3 Å². The molecule has 1 fully saturated rings. The van der Waals surface area contributed by atoms with Crippen molar-refractivity contribution in [3.63, 3.8) is 0 Å². The van der Waals surface area contributed by atoms with Crippen LogP contribution in [-0.2, 0) is 16.1 Å². The lowest BCUT2D eigenvalue weighted by Gasteiger charge is -2.14. The van der Waals surface area contributed by atoms with E-state index >= 15 is 0 Å². The zero-order valence-electron chi connectivity index (χ0n) is 17.1. The molecule has 0 atom stereocenters. The second-order valence-corrected chi connectivity index (χ2v) is 7.60. The maximum absolute atomic E-state index is 12.8. The van der Waals surface area contributed by atoms with Crippen LogP contribution >= 0.6 is 0 Å². The van der Waals surface area contributed by atoms with E-state index in [-0.39, 0.29) is 12.5 Å². The Labute approximate surface area is 176 Å². The molecule has 1 saturated heterocycles. The Bertz CT molecular complexity index is 1020. The molecule has 0 unspecified atom stereocenters. The van der Waals surface area contributed by atoms with Crippen molar-refractivity contribution in [2.75, 3.05) is 19.7 Å². The zero-order valence-corrected chi connectivity index (χ0v) is 17.1. The molecule has 0 saturated carbocycles. The van der Waals surface area contributed by atoms with Crippen molar-refractivity contribution in [3.05, 3.63) is 77.5 Å². The van der Waals surface area contributed by atoms with Crippen LogP contribution in [0.4, 0.5) is 0 Å². The molecule has 0 aliphatic carbocycles. The van der Waals surface area contributed by atoms with Gasteiger partial charge in [0.2, 0.25) is 0 Å². The Balaban J connectivity index is 1.56. The van der Waals surface area contributed by atoms with Gasteiger partial charge >= 0.3 is 5.97 Å². The molecule has 0 radical (unpaired) electrons. The van der Waals surface area contributed by atoms with Crippen molar-refractivity contribution >= 4 is 11.9 Å². The molecule has 6 nitrogen and oxygen atoms in total. The van der Waals surface area contributed by atoms with Crippen molar-refractivity contribution in [3.8, 4) is 11.3 Å². The number of nitrogens with zero attached hydrogens (tertiary/aromatic N) is 3. The third kappa shape index (κ3) is 4.59. The van der Waals surface area contributed by atoms with Gasteiger partial charge in [-0.25, -0.2) is 4.79 Å². The molecule has 0 N–H and O–H groups in total. The lowest BCUT2D eigenvalue weighted by molar-refractivity contribution is -0.133. The molecule has 4 rings (SSSR count). The molecule has 2 aromatic carbocycles. The maximum atomic E-state index is 12.8. The molecule has 1 amide bonds. The smallest absolute Gasteiger partial charge is 0.342 e. The van der Waals surface area contributed by atoms with Crippen LogP contribution in [0.5, 0.6) is 0 Å². The summed E-state index contributed by atoms with van der Waals surface area (Å²) >= 11 is 0. The Morgan fingerprint density at radius 1 is 1.00 bits per heavy atom. The molecule has 3 aromatic rings. The first kappa shape index (κ1) is 19.9. The van der Waals surface area contributed by atoms with E-state index in [0.717, 1.165) is 42.6 Å². The van der Waals surface area contributed by atoms with Gasteiger partial charge in [0.1, 0.15) is 11.3 Å². The van der Waals surface area contributed by atoms with Crippen LogP contribution < -0.4 is 0 Å². The normalized spacial score (nSPS) is 13.4. The summed E-state index contributed by atoms with van der Waals surface area (Å²) in [5, 5.41) is 4.65. The topological polar surface area (TPSA) is 64.4 Å². The fraction of sp³-hybridized carbons (Fsp3) is 0.292. The predicted molar refractivity (Wildman–Crippen MR) is 114 cm³/mol. The summed E-state index contributed by atoms with van der Waals surface area (Å²) in [5.41, 5.74) is 3.97. The van der Waals surface area contributed by atoms with Gasteiger partial charge in [0.15, 0.2) is 6.61 Å². The summed E-state index contributed by atoms with van der Waals surface area (Å²) < 4.78 is 7.11. The number of carbonyl (C=O) groups excluding carboxylic acids is 2. The highest BCUT2D eigenvalue weighted by molar-refractivity contribution is 5.97. The Hall–Kier alpha value is -3.41. The molecule has 1 aliphatic rings. The van der Waals surface area contributed by atoms with E-state index in [1.807, 2.05) is 61.5 Å². The van der Waals surface area contributed by atoms with Crippen LogP contribution in [0.25, 0.3) is 11.3 Å². The van der Waals surface area contributed by atoms with Crippen molar-refractivity contribution in [2.24, 2.45) is 0 Å². The first-order chi connectivity index (χ1) is 14.6. The number of carbonyl (C=O) groups is 2. The van der Waals surface area contributed by atoms with E-state index in [9.17, 15) is 9.59 Å². The number of amides is 1. The fourth-order valence-corrected chi connectivity index (χ4v) is 3.61. The van der Waals surface area contributed by atoms with Crippen molar-refractivity contribution < 1.29 is 14.3 Å². The number of aryl methyl sites for hydroxylation is 1. The minimum Gasteiger partial charge on any atom is -0.452 e. The van der Waals surface area contributed by atoms with Gasteiger partial charge < -0.3 is 9.64 Å². The number of likely N-dealkylation sites (tertiary alicyclic amines) is 1. The molecule has 0 spiro atoms. The number of ether oxygens (including phenoxy) is 1. The molecule has 1 aromatic heterocycles. The Morgan fingerprint density at radius 2 is 1.70 bits per heavy atom. The second-order valence-electron chi connectivity index (χ2n) is 7.60. The number of aromatic nitrogens is 2. The molecule has 1 aliphatic heterocycles. The van der Waals surface area contributed by atoms with Crippen molar-refractivity contribution in [1.82, 2.24) is 14.7 Å². The number of esters is 1. The first-order valence-electron chi connectivity index (χ1n) is 10.2. The van der Waals surface area contributed by atoms with Gasteiger partial charge in [0.05, 0.1) is 6.54 Å². The third-order valence-corrected chi connectivity index (χ3v) is 5.28. The Kier molecular flexibility index (Phi) is 5.93. The minimum atomic E-state index is -0.530. The van der Waals surface area contributed by atoms with E-state index < -0.39 is 5.97 Å². The van der Waals surface area contributed by atoms with E-state index in [2.05, 4.69) is 5.10 Å². The average molecular weight is 403 g/mol. The highest BCUT2D eigenvalue weighted by atomic mass is 16.5. The number of benzene rings is 2. The molecule has 6 heteroatoms. The summed E-state index contributed by atoms with van der Waals surface area (Å²) in [7, 11) is 0. The number of hydrogen-bond donors (Lipinski definition) is 0. The molecule has 2 heterocycles. The summed E-state index contributed by atoms with van der Waals surface area (Å²) in [5.74, 6) is -0.674. The number of hydrogen-bond acceptors (Lipinski definition) is 4. The predicted octanol–water partition coefficient (Wildman–Crippen LogP) is 3.69. The van der Waals surface area contributed by atoms with Crippen LogP contribution in [0.2, 0.25) is 0 Å². The fourth-order valence-electron chi connectivity index (χ4n) is 3.61. The summed E-state index contributed by atoms with van der Waals surface area (Å²) in [6.45, 7) is 3.78. The standard InChI is InChI=1S/C24H25N3O3/c1-18-9-11-20(12-10-18)23-21(16-27(25-23)15-19-7-3-2-4-8-19)24(29)30-17-22(28)26-13-5-6-14-26/h2-4,7-12,16H,5-6,13-15,17H2,1H3. The van der Waals surface area contributed by atoms with Crippen LogP contribution in [0, 0.1) is 6.92 Å². The minimum absolute atomic E-state index is 0.144. The zero-order chi connectivity index (χ0) is 20.9. The molecular formula is C24H25N3O3. The molecule has 0 bridgehead atoms. The lowest BCUT2D eigenvalue weighted by Crippen LogP contribution is -2.32. The second kappa shape index (κ2) is 8.95. The van der Waals surface area contributed by atoms with Crippen LogP contribution in [0.1, 0.15) is 34.3 Å². The Morgan fingerprint density at radius 3 is 2.40 bits per heavy atom. The van der Waals surface area contributed by atoms with Crippen LogP contribution in [0.15, 0.2) is 60.8 Å². The summed E-state index contributed by atoms with van der Waals surface area (Å²) in [6, 6.07) is 17.8. The highest BCUT2D eigenvalue weighted by Gasteiger charge is 2.23. The van der Waals surface area contributed by atoms with Gasteiger partial charge in [-0.1, -0.05) is 60.2 Å². The van der Waals surface area contributed by atoms with Crippen LogP contribution in [-0.4, -0.2) is 46.3 Å². The average Bonchev–Trinajstić information content (AvgIpc) is 3.44. The monoisotopic (exact) mass is 403 g/mol. The molecule has 30 heavy (non-hydrogen) atoms. The molecular weight excluding hydrogens is 378 g/mol. The van der Waals surface area contributed by atoms with E-state index in [1.54, 1.807) is 15.8 Å². The van der Waals surface area contributed by atoms with E-state index in [1.165, 1.54) is 0 Å². The van der Waals surface area contributed by atoms with Gasteiger partial charge in [-0.3, -0.25) is 9.48 Å². The maximum Gasteiger partial charge on any atom is 0.342 e. The highest BCUT2D eigenvalue weighted by Crippen LogP contribution is 2.24. The van der Waals surface area contributed by atoms with Gasteiger partial charge in [0, 0.05) is 24.8 Å². The van der Waals surface area contributed by atoms with Gasteiger partial charge in [-0.05, 0) is 25.3 Å². The van der Waals surface area contributed by atoms with Crippen LogP contribution in [0.3, 0.4) is 0 Å². The largest absolute Gasteiger partial charge is 0.452 e. The summed E-state index contributed by atoms with van der Waals surface area (Å²) in [6.07, 6.45) is 3.71. The van der Waals surface area contributed by atoms with Crippen molar-refractivity contribution in [1.29, 1.82) is 0 Å². The molecule has 154 valence electrons. The lowest BCUT2D eigenvalue weighted by atomic mass is 10.1. The van der Waals surface area contributed by atoms with Gasteiger partial charge in [-0.15, -0.1) is 0 Å².